The van der Waals surface area contributed by atoms with Gasteiger partial charge in [-0.1, -0.05) is 24.6 Å². The molecule has 0 aliphatic carbocycles. The lowest BCUT2D eigenvalue weighted by Crippen LogP contribution is -2.37. The highest BCUT2D eigenvalue weighted by Gasteiger charge is 2.15. The van der Waals surface area contributed by atoms with Gasteiger partial charge in [0, 0.05) is 31.1 Å². The molecule has 1 atom stereocenters. The number of ether oxygens (including phenoxy) is 4. The highest BCUT2D eigenvalue weighted by molar-refractivity contribution is 6.06. The predicted octanol–water partition coefficient (Wildman–Crippen LogP) is 4.85. The molecule has 0 aliphatic heterocycles. The number of hydrogen-bond acceptors (Lipinski definition) is 11. The fraction of sp³-hybridized carbons (Fsp3) is 0.429. The van der Waals surface area contributed by atoms with Gasteiger partial charge in [-0.2, -0.15) is 0 Å². The van der Waals surface area contributed by atoms with E-state index in [-0.39, 0.29) is 42.7 Å². The number of amides is 1. The lowest BCUT2D eigenvalue weighted by molar-refractivity contribution is -0.148. The van der Waals surface area contributed by atoms with E-state index in [0.29, 0.717) is 50.0 Å². The summed E-state index contributed by atoms with van der Waals surface area (Å²) in [4.78, 5) is 33.6. The number of benzene rings is 2. The summed E-state index contributed by atoms with van der Waals surface area (Å²) in [5, 5.41) is 22.9. The maximum absolute atomic E-state index is 13.1. The number of nitrogens with one attached hydrogen (secondary N) is 4. The van der Waals surface area contributed by atoms with Crippen molar-refractivity contribution in [2.75, 3.05) is 58.6 Å². The second-order valence-electron chi connectivity index (χ2n) is 10.9. The second kappa shape index (κ2) is 21.1. The van der Waals surface area contributed by atoms with Crippen molar-refractivity contribution in [3.05, 3.63) is 83.9 Å². The summed E-state index contributed by atoms with van der Waals surface area (Å²) in [5.41, 5.74) is 2.52. The Labute approximate surface area is 282 Å². The molecule has 2 aromatic carbocycles. The molecule has 1 heterocycles. The molecular weight excluding hydrogens is 614 g/mol. The van der Waals surface area contributed by atoms with E-state index in [2.05, 4.69) is 20.6 Å². The van der Waals surface area contributed by atoms with Gasteiger partial charge < -0.3 is 34.5 Å². The monoisotopic (exact) mass is 661 g/mol. The molecule has 4 N–H and O–H groups in total. The van der Waals surface area contributed by atoms with E-state index in [9.17, 15) is 9.59 Å². The average Bonchev–Trinajstić information content (AvgIpc) is 3.11. The Balaban J connectivity index is 1.34. The van der Waals surface area contributed by atoms with Crippen LogP contribution >= 0.6 is 0 Å². The van der Waals surface area contributed by atoms with E-state index >= 15 is 0 Å². The maximum atomic E-state index is 13.1. The predicted molar refractivity (Wildman–Crippen MR) is 184 cm³/mol. The molecule has 0 saturated heterocycles. The number of esters is 1. The number of anilines is 1. The molecule has 0 radical (unpaired) electrons. The van der Waals surface area contributed by atoms with Gasteiger partial charge in [-0.15, -0.1) is 0 Å². The molecule has 0 spiro atoms. The van der Waals surface area contributed by atoms with Crippen LogP contribution in [-0.2, 0) is 19.0 Å². The minimum absolute atomic E-state index is 0.0459. The summed E-state index contributed by atoms with van der Waals surface area (Å²) < 4.78 is 21.5. The Kier molecular flexibility index (Phi) is 16.5. The third-order valence-electron chi connectivity index (χ3n) is 7.20. The van der Waals surface area contributed by atoms with E-state index < -0.39 is 0 Å². The summed E-state index contributed by atoms with van der Waals surface area (Å²) in [7, 11) is 1.64. The minimum atomic E-state index is -0.361. The minimum Gasteiger partial charge on any atom is -0.494 e. The molecule has 0 fully saturated rings. The molecule has 48 heavy (non-hydrogen) atoms. The zero-order valence-corrected chi connectivity index (χ0v) is 28.0. The Morgan fingerprint density at radius 2 is 1.71 bits per heavy atom. The van der Waals surface area contributed by atoms with Gasteiger partial charge in [0.2, 0.25) is 0 Å². The van der Waals surface area contributed by atoms with E-state index in [1.54, 1.807) is 44.4 Å². The fourth-order valence-corrected chi connectivity index (χ4v) is 4.48. The van der Waals surface area contributed by atoms with Gasteiger partial charge in [0.15, 0.2) is 5.84 Å². The Hall–Kier alpha value is -4.88. The topological polar surface area (TPSA) is 172 Å². The zero-order chi connectivity index (χ0) is 34.6. The third-order valence-corrected chi connectivity index (χ3v) is 7.20. The van der Waals surface area contributed by atoms with Crippen molar-refractivity contribution in [3.63, 3.8) is 0 Å². The fourth-order valence-electron chi connectivity index (χ4n) is 4.48. The van der Waals surface area contributed by atoms with Gasteiger partial charge >= 0.3 is 5.97 Å². The van der Waals surface area contributed by atoms with Crippen molar-refractivity contribution in [1.82, 2.24) is 20.2 Å². The molecule has 258 valence electrons. The van der Waals surface area contributed by atoms with Crippen molar-refractivity contribution < 1.29 is 28.5 Å². The molecular formula is C35H47N7O6. The van der Waals surface area contributed by atoms with Gasteiger partial charge in [0.25, 0.3) is 5.91 Å². The maximum Gasteiger partial charge on any atom is 0.332 e. The first-order valence-electron chi connectivity index (χ1n) is 16.1. The number of hydrogen-bond donors (Lipinski definition) is 4. The van der Waals surface area contributed by atoms with Crippen LogP contribution in [0.2, 0.25) is 0 Å². The number of nitrogens with zero attached hydrogens (tertiary/aromatic N) is 3. The third kappa shape index (κ3) is 13.5. The van der Waals surface area contributed by atoms with E-state index in [0.717, 1.165) is 37.0 Å². The Morgan fingerprint density at radius 1 is 0.938 bits per heavy atom. The zero-order valence-electron chi connectivity index (χ0n) is 28.0. The van der Waals surface area contributed by atoms with Gasteiger partial charge in [0.1, 0.15) is 30.2 Å². The van der Waals surface area contributed by atoms with Crippen LogP contribution in [0.25, 0.3) is 0 Å². The SMILES string of the molecule is CCOC(=O)COCCOCCCCCCOc1cccc(C(C)NC(=O)c2cccc(NCC(=N)N(C)C(=N)c3ccncn3)c2)c1. The molecule has 13 heteroatoms. The number of likely N-dealkylation sites (N-methyl/N-ethyl adjacent to an activating group) is 1. The van der Waals surface area contributed by atoms with Gasteiger partial charge in [-0.25, -0.2) is 14.8 Å². The molecule has 0 saturated carbocycles. The summed E-state index contributed by atoms with van der Waals surface area (Å²) >= 11 is 0. The highest BCUT2D eigenvalue weighted by atomic mass is 16.6. The van der Waals surface area contributed by atoms with Crippen LogP contribution in [0.1, 0.15) is 67.2 Å². The number of amidine groups is 2. The lowest BCUT2D eigenvalue weighted by atomic mass is 10.1. The summed E-state index contributed by atoms with van der Waals surface area (Å²) in [6, 6.07) is 16.2. The Morgan fingerprint density at radius 3 is 2.48 bits per heavy atom. The average molecular weight is 662 g/mol. The number of unbranched alkanes of at least 4 members (excludes halogenated alkanes) is 3. The molecule has 1 aromatic heterocycles. The largest absolute Gasteiger partial charge is 0.494 e. The van der Waals surface area contributed by atoms with E-state index in [4.69, 9.17) is 29.8 Å². The van der Waals surface area contributed by atoms with Gasteiger partial charge in [-0.3, -0.25) is 15.6 Å². The smallest absolute Gasteiger partial charge is 0.332 e. The van der Waals surface area contributed by atoms with Crippen LogP contribution < -0.4 is 15.4 Å². The number of rotatable bonds is 21. The standard InChI is InChI=1S/C35H47N7O6/c1-4-47-33(43)24-46-20-19-45-17-7-5-6-8-18-48-30-14-10-11-27(22-30)26(2)41-35(44)28-12-9-13-29(21-28)39-23-32(36)42(3)34(37)31-15-16-38-25-40-31/h9-16,21-22,25-26,36-37,39H,4-8,17-20,23-24H2,1-3H3,(H,41,44). The molecule has 3 aromatic rings. The van der Waals surface area contributed by atoms with E-state index in [1.807, 2.05) is 37.3 Å². The van der Waals surface area contributed by atoms with Crippen LogP contribution in [0, 0.1) is 10.8 Å². The van der Waals surface area contributed by atoms with Crippen LogP contribution in [0.4, 0.5) is 5.69 Å². The van der Waals surface area contributed by atoms with Crippen molar-refractivity contribution in [2.24, 2.45) is 0 Å². The summed E-state index contributed by atoms with van der Waals surface area (Å²) in [6.45, 7) is 6.21. The van der Waals surface area contributed by atoms with Crippen molar-refractivity contribution in [1.29, 1.82) is 10.8 Å². The molecule has 1 amide bonds. The molecule has 1 unspecified atom stereocenters. The lowest BCUT2D eigenvalue weighted by Gasteiger charge is -2.21. The first kappa shape index (κ1) is 37.6. The first-order valence-corrected chi connectivity index (χ1v) is 16.1. The van der Waals surface area contributed by atoms with Crippen molar-refractivity contribution in [3.8, 4) is 5.75 Å². The Bertz CT molecular complexity index is 1460. The quantitative estimate of drug-likeness (QED) is 0.0535. The van der Waals surface area contributed by atoms with Gasteiger partial charge in [-0.05, 0) is 75.1 Å². The van der Waals surface area contributed by atoms with Crippen LogP contribution in [-0.4, -0.2) is 91.6 Å². The van der Waals surface area contributed by atoms with Gasteiger partial charge in [0.05, 0.1) is 39.0 Å². The van der Waals surface area contributed by atoms with Crippen LogP contribution in [0.15, 0.2) is 67.1 Å². The van der Waals surface area contributed by atoms with Crippen molar-refractivity contribution in [2.45, 2.75) is 45.6 Å². The summed E-state index contributed by atoms with van der Waals surface area (Å²) in [5.74, 6) is 0.434. The molecule has 0 bridgehead atoms. The summed E-state index contributed by atoms with van der Waals surface area (Å²) in [6.07, 6.45) is 6.83. The second-order valence-corrected chi connectivity index (χ2v) is 10.9. The normalized spacial score (nSPS) is 11.3. The van der Waals surface area contributed by atoms with E-state index in [1.165, 1.54) is 11.2 Å². The van der Waals surface area contributed by atoms with Crippen LogP contribution in [0.5, 0.6) is 5.75 Å². The number of carbonyl (C=O) groups is 2. The number of aromatic nitrogens is 2. The van der Waals surface area contributed by atoms with Crippen molar-refractivity contribution >= 4 is 29.2 Å². The first-order chi connectivity index (χ1) is 23.3. The molecule has 13 nitrogen and oxygen atoms in total. The molecule has 3 rings (SSSR count). The highest BCUT2D eigenvalue weighted by Crippen LogP contribution is 2.21. The molecule has 0 aliphatic rings. The van der Waals surface area contributed by atoms with Crippen LogP contribution in [0.3, 0.4) is 0 Å². The number of carbonyl (C=O) groups excluding carboxylic acids is 2.